The Morgan fingerprint density at radius 3 is 2.41 bits per heavy atom. The number of hydrogen-bond acceptors (Lipinski definition) is 2. The van der Waals surface area contributed by atoms with Gasteiger partial charge in [0.15, 0.2) is 0 Å². The number of carboxylic acid groups (broad SMARTS) is 1. The van der Waals surface area contributed by atoms with Crippen molar-refractivity contribution in [2.75, 3.05) is 4.43 Å². The molecule has 0 bridgehead atoms. The predicted octanol–water partition coefficient (Wildman–Crippen LogP) is 9.77. The minimum Gasteiger partial charge on any atom is -0.481 e. The molecule has 0 aromatic heterocycles. The van der Waals surface area contributed by atoms with Gasteiger partial charge in [0.2, 0.25) is 0 Å². The smallest absolute Gasteiger partial charge is 0.306 e. The largest absolute Gasteiger partial charge is 0.481 e. The van der Waals surface area contributed by atoms with Gasteiger partial charge in [-0.25, -0.2) is 0 Å². The molecule has 4 aliphatic carbocycles. The summed E-state index contributed by atoms with van der Waals surface area (Å²) in [7, 11) is 0. The van der Waals surface area contributed by atoms with E-state index >= 15 is 0 Å². The van der Waals surface area contributed by atoms with Crippen molar-refractivity contribution in [3.05, 3.63) is 11.6 Å². The summed E-state index contributed by atoms with van der Waals surface area (Å²) in [6.45, 7) is 15.0. The van der Waals surface area contributed by atoms with Gasteiger partial charge in [-0.1, -0.05) is 88.6 Å². The molecule has 10 atom stereocenters. The Morgan fingerprint density at radius 2 is 1.77 bits per heavy atom. The first kappa shape index (κ1) is 31.5. The third kappa shape index (κ3) is 6.21. The molecular weight excluding hydrogens is 595 g/mol. The first-order valence-electron chi connectivity index (χ1n) is 16.5. The lowest BCUT2D eigenvalue weighted by Crippen LogP contribution is -2.51. The number of Topliss-reactive ketones (excluding diaryl/α,β-unsaturated/α-hetero) is 1. The Morgan fingerprint density at radius 1 is 1.03 bits per heavy atom. The zero-order valence-corrected chi connectivity index (χ0v) is 28.0. The highest BCUT2D eigenvalue weighted by atomic mass is 127. The Hall–Kier alpha value is -0.390. The highest BCUT2D eigenvalue weighted by molar-refractivity contribution is 14.1. The number of halogens is 1. The number of alkyl halides is 1. The van der Waals surface area contributed by atoms with E-state index in [2.05, 4.69) is 70.2 Å². The summed E-state index contributed by atoms with van der Waals surface area (Å²) in [6, 6.07) is 0. The Kier molecular flexibility index (Phi) is 10.4. The SMILES string of the molecule is CCC(CCC(C)[C@H]1CC[C@H]2[C@@H]3CC=C4C[C@@H](C(CCC(=O)CI)C(=O)O)CC[C@]4(C)[C@H]3CC[C@]12C)C(C)C. The standard InChI is InChI=1S/C35H57IO3/c1-7-24(22(2)3)9-8-23(4)30-14-15-31-29-12-10-26-20-25(28(33(38)39)13-11-27(37)21-36)16-18-34(26,5)32(29)17-19-35(30,31)6/h10,22-25,28-32H,7-9,11-21H2,1-6H3,(H,38,39)/t23?,24?,25-,28?,29-,30+,31-,32-,34-,35+/m0/s1. The number of fused-ring (bicyclic) bond motifs is 5. The van der Waals surface area contributed by atoms with Crippen LogP contribution >= 0.6 is 22.6 Å². The maximum absolute atomic E-state index is 12.2. The fourth-order valence-electron chi connectivity index (χ4n) is 10.6. The van der Waals surface area contributed by atoms with Crippen LogP contribution in [-0.2, 0) is 9.59 Å². The van der Waals surface area contributed by atoms with Gasteiger partial charge in [0.05, 0.1) is 10.3 Å². The molecule has 0 radical (unpaired) electrons. The lowest BCUT2D eigenvalue weighted by atomic mass is 9.46. The topological polar surface area (TPSA) is 54.4 Å². The monoisotopic (exact) mass is 652 g/mol. The highest BCUT2D eigenvalue weighted by Crippen LogP contribution is 2.67. The second-order valence-electron chi connectivity index (χ2n) is 15.1. The van der Waals surface area contributed by atoms with Crippen molar-refractivity contribution in [3.8, 4) is 0 Å². The maximum atomic E-state index is 12.2. The summed E-state index contributed by atoms with van der Waals surface area (Å²) >= 11 is 2.10. The molecule has 0 spiro atoms. The minimum absolute atomic E-state index is 0.182. The molecule has 3 saturated carbocycles. The summed E-state index contributed by atoms with van der Waals surface area (Å²) in [5.74, 6) is 5.10. The summed E-state index contributed by atoms with van der Waals surface area (Å²) in [5, 5.41) is 10.0. The molecule has 4 aliphatic rings. The van der Waals surface area contributed by atoms with E-state index in [0.29, 0.717) is 22.7 Å². The van der Waals surface area contributed by atoms with Gasteiger partial charge in [0.25, 0.3) is 0 Å². The van der Waals surface area contributed by atoms with E-state index in [0.717, 1.165) is 60.7 Å². The summed E-state index contributed by atoms with van der Waals surface area (Å²) in [5.41, 5.74) is 2.31. The first-order chi connectivity index (χ1) is 18.5. The number of carbonyl (C=O) groups excluding carboxylic acids is 1. The van der Waals surface area contributed by atoms with Crippen molar-refractivity contribution in [2.45, 2.75) is 125 Å². The van der Waals surface area contributed by atoms with E-state index in [1.165, 1.54) is 51.4 Å². The third-order valence-electron chi connectivity index (χ3n) is 13.1. The Bertz CT molecular complexity index is 910. The molecule has 0 heterocycles. The molecule has 0 aromatic rings. The van der Waals surface area contributed by atoms with Gasteiger partial charge >= 0.3 is 5.97 Å². The normalized spacial score (nSPS) is 38.3. The number of allylic oxidation sites excluding steroid dienone is 2. The van der Waals surface area contributed by atoms with E-state index in [4.69, 9.17) is 0 Å². The lowest BCUT2D eigenvalue weighted by Gasteiger charge is -2.59. The molecule has 0 saturated heterocycles. The molecule has 0 amide bonds. The number of aliphatic carboxylic acids is 1. The zero-order chi connectivity index (χ0) is 28.5. The summed E-state index contributed by atoms with van der Waals surface area (Å²) in [6.07, 6.45) is 17.5. The van der Waals surface area contributed by atoms with Crippen molar-refractivity contribution in [2.24, 2.45) is 64.1 Å². The van der Waals surface area contributed by atoms with Crippen molar-refractivity contribution in [1.82, 2.24) is 0 Å². The number of carbonyl (C=O) groups is 2. The van der Waals surface area contributed by atoms with E-state index < -0.39 is 5.97 Å². The van der Waals surface area contributed by atoms with Gasteiger partial charge in [0.1, 0.15) is 5.78 Å². The second-order valence-corrected chi connectivity index (χ2v) is 15.9. The molecule has 4 rings (SSSR count). The highest BCUT2D eigenvalue weighted by Gasteiger charge is 2.59. The van der Waals surface area contributed by atoms with Crippen molar-refractivity contribution >= 4 is 34.3 Å². The fourth-order valence-corrected chi connectivity index (χ4v) is 11.0. The molecule has 3 nitrogen and oxygen atoms in total. The number of rotatable bonds is 12. The van der Waals surface area contributed by atoms with Gasteiger partial charge in [-0.05, 0) is 122 Å². The predicted molar refractivity (Wildman–Crippen MR) is 170 cm³/mol. The lowest BCUT2D eigenvalue weighted by molar-refractivity contribution is -0.145. The average molecular weight is 653 g/mol. The van der Waals surface area contributed by atoms with E-state index in [1.807, 2.05) is 0 Å². The van der Waals surface area contributed by atoms with Gasteiger partial charge in [-0.3, -0.25) is 9.59 Å². The zero-order valence-electron chi connectivity index (χ0n) is 25.8. The molecule has 222 valence electrons. The second kappa shape index (κ2) is 12.9. The molecular formula is C35H57IO3. The molecule has 0 aliphatic heterocycles. The molecule has 39 heavy (non-hydrogen) atoms. The van der Waals surface area contributed by atoms with Crippen LogP contribution < -0.4 is 0 Å². The fraction of sp³-hybridized carbons (Fsp3) is 0.886. The van der Waals surface area contributed by atoms with E-state index in [-0.39, 0.29) is 23.0 Å². The summed E-state index contributed by atoms with van der Waals surface area (Å²) in [4.78, 5) is 24.2. The molecule has 3 fully saturated rings. The van der Waals surface area contributed by atoms with E-state index in [9.17, 15) is 14.7 Å². The molecule has 4 heteroatoms. The van der Waals surface area contributed by atoms with Gasteiger partial charge < -0.3 is 5.11 Å². The van der Waals surface area contributed by atoms with E-state index in [1.54, 1.807) is 5.57 Å². The van der Waals surface area contributed by atoms with Crippen LogP contribution in [0.15, 0.2) is 11.6 Å². The van der Waals surface area contributed by atoms with Crippen molar-refractivity contribution in [3.63, 3.8) is 0 Å². The summed E-state index contributed by atoms with van der Waals surface area (Å²) < 4.78 is 0.484. The average Bonchev–Trinajstić information content (AvgIpc) is 3.25. The maximum Gasteiger partial charge on any atom is 0.306 e. The van der Waals surface area contributed by atoms with Gasteiger partial charge in [-0.2, -0.15) is 0 Å². The van der Waals surface area contributed by atoms with Crippen molar-refractivity contribution in [1.29, 1.82) is 0 Å². The van der Waals surface area contributed by atoms with Crippen LogP contribution in [0.1, 0.15) is 125 Å². The first-order valence-corrected chi connectivity index (χ1v) is 18.0. The van der Waals surface area contributed by atoms with Crippen LogP contribution in [0.5, 0.6) is 0 Å². The van der Waals surface area contributed by atoms with Crippen LogP contribution in [0.2, 0.25) is 0 Å². The molecule has 3 unspecified atom stereocenters. The van der Waals surface area contributed by atoms with Gasteiger partial charge in [0, 0.05) is 6.42 Å². The number of ketones is 1. The number of hydrogen-bond donors (Lipinski definition) is 1. The van der Waals surface area contributed by atoms with Crippen molar-refractivity contribution < 1.29 is 14.7 Å². The van der Waals surface area contributed by atoms with Crippen LogP contribution in [-0.4, -0.2) is 21.3 Å². The Labute approximate surface area is 253 Å². The minimum atomic E-state index is -0.697. The molecule has 1 N–H and O–H groups in total. The number of carboxylic acids is 1. The molecule has 0 aromatic carbocycles. The third-order valence-corrected chi connectivity index (χ3v) is 14.0. The quantitative estimate of drug-likeness (QED) is 0.130. The van der Waals surface area contributed by atoms with Crippen LogP contribution in [0.3, 0.4) is 0 Å². The van der Waals surface area contributed by atoms with Gasteiger partial charge in [-0.15, -0.1) is 0 Å². The Balaban J connectivity index is 1.45. The van der Waals surface area contributed by atoms with Crippen LogP contribution in [0.25, 0.3) is 0 Å². The van der Waals surface area contributed by atoms with Crippen LogP contribution in [0, 0.1) is 64.1 Å². The van der Waals surface area contributed by atoms with Crippen LogP contribution in [0.4, 0.5) is 0 Å².